The Hall–Kier alpha value is -1.37. The second-order valence-corrected chi connectivity index (χ2v) is 5.55. The van der Waals surface area contributed by atoms with Crippen LogP contribution in [0, 0.1) is 6.92 Å². The molecule has 2 aromatic rings. The molecule has 20 heavy (non-hydrogen) atoms. The van der Waals surface area contributed by atoms with Crippen LogP contribution in [0.25, 0.3) is 0 Å². The van der Waals surface area contributed by atoms with E-state index in [1.165, 1.54) is 0 Å². The Kier molecular flexibility index (Phi) is 4.47. The van der Waals surface area contributed by atoms with Gasteiger partial charge in [0.15, 0.2) is 0 Å². The molecule has 0 spiro atoms. The fraction of sp³-hybridized carbons (Fsp3) is 0.538. The molecule has 0 aliphatic heterocycles. The van der Waals surface area contributed by atoms with Crippen molar-refractivity contribution in [3.8, 4) is 0 Å². The highest BCUT2D eigenvalue weighted by molar-refractivity contribution is 6.31. The molecule has 1 unspecified atom stereocenters. The Labute approximate surface area is 123 Å². The number of hydrogen-bond acceptors (Lipinski definition) is 4. The van der Waals surface area contributed by atoms with Crippen molar-refractivity contribution in [2.24, 2.45) is 7.05 Å². The van der Waals surface area contributed by atoms with Crippen LogP contribution in [0.15, 0.2) is 12.3 Å². The minimum absolute atomic E-state index is 0.468. The van der Waals surface area contributed by atoms with Gasteiger partial charge in [-0.3, -0.25) is 9.36 Å². The Balaban J connectivity index is 2.31. The second-order valence-electron chi connectivity index (χ2n) is 5.14. The Morgan fingerprint density at radius 1 is 1.45 bits per heavy atom. The molecule has 110 valence electrons. The maximum atomic E-state index is 10.6. The molecule has 1 N–H and O–H groups in total. The molecule has 2 rings (SSSR count). The van der Waals surface area contributed by atoms with Gasteiger partial charge in [0.25, 0.3) is 0 Å². The van der Waals surface area contributed by atoms with Gasteiger partial charge in [0.05, 0.1) is 34.8 Å². The van der Waals surface area contributed by atoms with Crippen LogP contribution in [0.3, 0.4) is 0 Å². The van der Waals surface area contributed by atoms with Gasteiger partial charge >= 0.3 is 0 Å². The number of aliphatic hydroxyl groups excluding tert-OH is 1. The van der Waals surface area contributed by atoms with Crippen molar-refractivity contribution in [1.82, 2.24) is 24.5 Å². The average molecular weight is 298 g/mol. The van der Waals surface area contributed by atoms with Crippen LogP contribution in [-0.2, 0) is 13.6 Å². The third-order valence-electron chi connectivity index (χ3n) is 3.17. The van der Waals surface area contributed by atoms with Gasteiger partial charge in [-0.25, -0.2) is 0 Å². The number of hydrogen-bond donors (Lipinski definition) is 1. The molecule has 7 heteroatoms. The monoisotopic (exact) mass is 297 g/mol. The summed E-state index contributed by atoms with van der Waals surface area (Å²) in [4.78, 5) is 2.06. The first-order valence-corrected chi connectivity index (χ1v) is 6.82. The van der Waals surface area contributed by atoms with Crippen LogP contribution >= 0.6 is 11.6 Å². The van der Waals surface area contributed by atoms with E-state index in [2.05, 4.69) is 15.1 Å². The highest BCUT2D eigenvalue weighted by Crippen LogP contribution is 2.28. The van der Waals surface area contributed by atoms with Crippen molar-refractivity contribution in [3.63, 3.8) is 0 Å². The normalized spacial score (nSPS) is 13.2. The molecule has 0 bridgehead atoms. The second kappa shape index (κ2) is 5.95. The van der Waals surface area contributed by atoms with Gasteiger partial charge in [-0.15, -0.1) is 0 Å². The molecule has 0 amide bonds. The third kappa shape index (κ3) is 3.03. The van der Waals surface area contributed by atoms with E-state index in [1.54, 1.807) is 22.6 Å². The number of nitrogens with zero attached hydrogens (tertiary/aromatic N) is 5. The predicted octanol–water partition coefficient (Wildman–Crippen LogP) is 1.22. The number of rotatable bonds is 5. The molecule has 1 atom stereocenters. The molecule has 0 fully saturated rings. The minimum atomic E-state index is -0.835. The zero-order valence-electron chi connectivity index (χ0n) is 12.2. The van der Waals surface area contributed by atoms with Crippen LogP contribution in [0.5, 0.6) is 0 Å². The van der Waals surface area contributed by atoms with E-state index in [4.69, 9.17) is 11.6 Å². The first-order chi connectivity index (χ1) is 9.40. The summed E-state index contributed by atoms with van der Waals surface area (Å²) in [6.07, 6.45) is 0.734. The molecule has 0 saturated carbocycles. The molecule has 6 nitrogen and oxygen atoms in total. The van der Waals surface area contributed by atoms with Crippen molar-refractivity contribution < 1.29 is 5.11 Å². The first kappa shape index (κ1) is 15.0. The van der Waals surface area contributed by atoms with Gasteiger partial charge in [-0.1, -0.05) is 11.6 Å². The van der Waals surface area contributed by atoms with Gasteiger partial charge in [0.1, 0.15) is 6.10 Å². The van der Waals surface area contributed by atoms with Crippen molar-refractivity contribution >= 4 is 11.6 Å². The van der Waals surface area contributed by atoms with E-state index >= 15 is 0 Å². The van der Waals surface area contributed by atoms with Crippen molar-refractivity contribution in [1.29, 1.82) is 0 Å². The van der Waals surface area contributed by atoms with Crippen LogP contribution in [0.2, 0.25) is 5.02 Å². The highest BCUT2D eigenvalue weighted by atomic mass is 35.5. The van der Waals surface area contributed by atoms with E-state index in [0.717, 1.165) is 12.2 Å². The summed E-state index contributed by atoms with van der Waals surface area (Å²) in [7, 11) is 5.79. The Bertz CT molecular complexity index is 590. The van der Waals surface area contributed by atoms with Crippen molar-refractivity contribution in [3.05, 3.63) is 34.4 Å². The zero-order valence-corrected chi connectivity index (χ0v) is 13.0. The molecule has 0 aliphatic rings. The largest absolute Gasteiger partial charge is 0.380 e. The maximum absolute atomic E-state index is 10.6. The van der Waals surface area contributed by atoms with E-state index in [0.29, 0.717) is 23.0 Å². The van der Waals surface area contributed by atoms with E-state index < -0.39 is 6.10 Å². The summed E-state index contributed by atoms with van der Waals surface area (Å²) in [6, 6.07) is 1.85. The quantitative estimate of drug-likeness (QED) is 0.901. The number of aromatic nitrogens is 4. The van der Waals surface area contributed by atoms with Crippen LogP contribution in [-0.4, -0.2) is 50.2 Å². The lowest BCUT2D eigenvalue weighted by atomic mass is 10.1. The summed E-state index contributed by atoms with van der Waals surface area (Å²) in [6.45, 7) is 3.38. The number of likely N-dealkylation sites (N-methyl/N-ethyl adjacent to an activating group) is 1. The molecule has 2 aromatic heterocycles. The lowest BCUT2D eigenvalue weighted by Crippen LogP contribution is -2.21. The molecule has 2 heterocycles. The Morgan fingerprint density at radius 3 is 2.70 bits per heavy atom. The fourth-order valence-electron chi connectivity index (χ4n) is 2.14. The lowest BCUT2D eigenvalue weighted by Gasteiger charge is -2.16. The van der Waals surface area contributed by atoms with Crippen molar-refractivity contribution in [2.75, 3.05) is 20.6 Å². The van der Waals surface area contributed by atoms with Gasteiger partial charge in [-0.2, -0.15) is 10.2 Å². The molecule has 0 saturated heterocycles. The van der Waals surface area contributed by atoms with Gasteiger partial charge < -0.3 is 10.0 Å². The smallest absolute Gasteiger partial charge is 0.139 e. The maximum Gasteiger partial charge on any atom is 0.139 e. The number of aliphatic hydroxyl groups is 1. The molecular formula is C13H20ClN5O. The van der Waals surface area contributed by atoms with Crippen LogP contribution in [0.4, 0.5) is 0 Å². The molecule has 0 aromatic carbocycles. The summed E-state index contributed by atoms with van der Waals surface area (Å²) in [5.41, 5.74) is 2.17. The average Bonchev–Trinajstić information content (AvgIpc) is 2.89. The topological polar surface area (TPSA) is 59.1 Å². The van der Waals surface area contributed by atoms with E-state index in [1.807, 2.05) is 27.1 Å². The predicted molar refractivity (Wildman–Crippen MR) is 77.8 cm³/mol. The summed E-state index contributed by atoms with van der Waals surface area (Å²) in [5.74, 6) is 0. The van der Waals surface area contributed by atoms with Gasteiger partial charge in [-0.05, 0) is 27.1 Å². The highest BCUT2D eigenvalue weighted by Gasteiger charge is 2.22. The number of halogens is 1. The SMILES string of the molecule is Cc1cc(C(O)c2c(Cl)cnn2CCN(C)C)n(C)n1. The summed E-state index contributed by atoms with van der Waals surface area (Å²) < 4.78 is 3.41. The van der Waals surface area contributed by atoms with Gasteiger partial charge in [0.2, 0.25) is 0 Å². The lowest BCUT2D eigenvalue weighted by molar-refractivity contribution is 0.196. The standard InChI is InChI=1S/C13H20ClN5O/c1-9-7-11(18(4)16-9)13(20)12-10(14)8-15-19(12)6-5-17(2)3/h7-8,13,20H,5-6H2,1-4H3. The van der Waals surface area contributed by atoms with Gasteiger partial charge in [0, 0.05) is 13.6 Å². The minimum Gasteiger partial charge on any atom is -0.380 e. The first-order valence-electron chi connectivity index (χ1n) is 6.44. The van der Waals surface area contributed by atoms with E-state index in [9.17, 15) is 5.11 Å². The van der Waals surface area contributed by atoms with E-state index in [-0.39, 0.29) is 0 Å². The fourth-order valence-corrected chi connectivity index (χ4v) is 2.39. The van der Waals surface area contributed by atoms with Crippen LogP contribution in [0.1, 0.15) is 23.2 Å². The van der Waals surface area contributed by atoms with Crippen LogP contribution < -0.4 is 0 Å². The molecular weight excluding hydrogens is 278 g/mol. The molecule has 0 aliphatic carbocycles. The third-order valence-corrected chi connectivity index (χ3v) is 3.46. The molecule has 0 radical (unpaired) electrons. The summed E-state index contributed by atoms with van der Waals surface area (Å²) >= 11 is 6.18. The number of aryl methyl sites for hydroxylation is 2. The Morgan fingerprint density at radius 2 is 2.15 bits per heavy atom. The summed E-state index contributed by atoms with van der Waals surface area (Å²) in [5, 5.41) is 19.5. The zero-order chi connectivity index (χ0) is 14.9. The van der Waals surface area contributed by atoms with Crippen molar-refractivity contribution in [2.45, 2.75) is 19.6 Å².